The van der Waals surface area contributed by atoms with Crippen LogP contribution in [0.25, 0.3) is 0 Å². The van der Waals surface area contributed by atoms with Crippen LogP contribution in [0.15, 0.2) is 24.3 Å². The average molecular weight is 281 g/mol. The number of ether oxygens (including phenoxy) is 1. The highest BCUT2D eigenvalue weighted by Gasteiger charge is 2.09. The van der Waals surface area contributed by atoms with E-state index in [4.69, 9.17) is 16.3 Å². The van der Waals surface area contributed by atoms with Gasteiger partial charge in [0.15, 0.2) is 0 Å². The summed E-state index contributed by atoms with van der Waals surface area (Å²) >= 11 is 5.73. The van der Waals surface area contributed by atoms with E-state index in [0.29, 0.717) is 18.1 Å². The van der Waals surface area contributed by atoms with Crippen molar-refractivity contribution in [1.29, 1.82) is 0 Å². The van der Waals surface area contributed by atoms with Gasteiger partial charge in [-0.1, -0.05) is 17.7 Å². The summed E-state index contributed by atoms with van der Waals surface area (Å²) in [4.78, 5) is 15.8. The summed E-state index contributed by atoms with van der Waals surface area (Å²) in [6.45, 7) is 0.296. The molecule has 0 spiro atoms. The predicted molar refractivity (Wildman–Crippen MR) is 70.2 cm³/mol. The predicted octanol–water partition coefficient (Wildman–Crippen LogP) is 1.41. The molecule has 0 fully saturated rings. The van der Waals surface area contributed by atoms with E-state index >= 15 is 0 Å². The Morgan fingerprint density at radius 3 is 2.95 bits per heavy atom. The van der Waals surface area contributed by atoms with Crippen LogP contribution in [0.1, 0.15) is 16.2 Å². The van der Waals surface area contributed by atoms with Gasteiger partial charge >= 0.3 is 0 Å². The van der Waals surface area contributed by atoms with Crippen molar-refractivity contribution < 1.29 is 9.53 Å². The zero-order chi connectivity index (χ0) is 13.8. The summed E-state index contributed by atoms with van der Waals surface area (Å²) in [7, 11) is 3.33. The molecule has 19 heavy (non-hydrogen) atoms. The van der Waals surface area contributed by atoms with Gasteiger partial charge in [0.1, 0.15) is 10.8 Å². The van der Waals surface area contributed by atoms with Crippen LogP contribution < -0.4 is 10.1 Å². The minimum Gasteiger partial charge on any atom is -0.481 e. The molecule has 0 aliphatic rings. The molecular formula is C12H13ClN4O2. The van der Waals surface area contributed by atoms with E-state index < -0.39 is 0 Å². The number of nitrogens with zero attached hydrogens (tertiary/aromatic N) is 3. The molecule has 6 nitrogen and oxygen atoms in total. The Morgan fingerprint density at radius 2 is 2.32 bits per heavy atom. The molecule has 2 heterocycles. The minimum absolute atomic E-state index is 0.274. The van der Waals surface area contributed by atoms with Crippen LogP contribution in [0.4, 0.5) is 0 Å². The maximum atomic E-state index is 11.8. The van der Waals surface area contributed by atoms with Gasteiger partial charge in [-0.2, -0.15) is 5.10 Å². The number of amides is 1. The molecule has 1 N–H and O–H groups in total. The molecular weight excluding hydrogens is 268 g/mol. The first-order valence-electron chi connectivity index (χ1n) is 5.58. The number of pyridine rings is 1. The maximum absolute atomic E-state index is 11.8. The second-order valence-electron chi connectivity index (χ2n) is 3.83. The first-order valence-corrected chi connectivity index (χ1v) is 5.95. The van der Waals surface area contributed by atoms with Gasteiger partial charge in [-0.3, -0.25) is 4.79 Å². The molecule has 0 saturated carbocycles. The highest BCUT2D eigenvalue weighted by atomic mass is 35.5. The van der Waals surface area contributed by atoms with Gasteiger partial charge < -0.3 is 10.1 Å². The SMILES string of the molecule is COc1cc(CNC(=O)c2cccc(Cl)n2)nn1C. The summed E-state index contributed by atoms with van der Waals surface area (Å²) in [6, 6.07) is 6.64. The van der Waals surface area contributed by atoms with Crippen LogP contribution in [0.3, 0.4) is 0 Å². The van der Waals surface area contributed by atoms with Crippen molar-refractivity contribution in [3.63, 3.8) is 0 Å². The van der Waals surface area contributed by atoms with Crippen molar-refractivity contribution in [2.24, 2.45) is 7.05 Å². The van der Waals surface area contributed by atoms with E-state index in [1.807, 2.05) is 0 Å². The van der Waals surface area contributed by atoms with Crippen LogP contribution in [0.2, 0.25) is 5.15 Å². The minimum atomic E-state index is -0.299. The molecule has 0 unspecified atom stereocenters. The maximum Gasteiger partial charge on any atom is 0.270 e. The summed E-state index contributed by atoms with van der Waals surface area (Å²) in [6.07, 6.45) is 0. The summed E-state index contributed by atoms with van der Waals surface area (Å²) in [5, 5.41) is 7.20. The van der Waals surface area contributed by atoms with Crippen LogP contribution in [0.5, 0.6) is 5.88 Å². The van der Waals surface area contributed by atoms with Crippen molar-refractivity contribution in [2.75, 3.05) is 7.11 Å². The lowest BCUT2D eigenvalue weighted by atomic mass is 10.3. The molecule has 2 rings (SSSR count). The van der Waals surface area contributed by atoms with Crippen LogP contribution in [-0.2, 0) is 13.6 Å². The van der Waals surface area contributed by atoms with E-state index in [1.165, 1.54) is 0 Å². The lowest BCUT2D eigenvalue weighted by Gasteiger charge is -2.02. The fraction of sp³-hybridized carbons (Fsp3) is 0.250. The number of hydrogen-bond acceptors (Lipinski definition) is 4. The number of aromatic nitrogens is 3. The number of carbonyl (C=O) groups is 1. The standard InChI is InChI=1S/C12H13ClN4O2/c1-17-11(19-2)6-8(16-17)7-14-12(18)9-4-3-5-10(13)15-9/h3-6H,7H2,1-2H3,(H,14,18). The Balaban J connectivity index is 2.00. The number of halogens is 1. The molecule has 0 aromatic carbocycles. The molecule has 0 saturated heterocycles. The first kappa shape index (κ1) is 13.4. The molecule has 2 aromatic heterocycles. The molecule has 1 amide bonds. The van der Waals surface area contributed by atoms with Crippen molar-refractivity contribution in [3.05, 3.63) is 40.8 Å². The van der Waals surface area contributed by atoms with E-state index in [9.17, 15) is 4.79 Å². The smallest absolute Gasteiger partial charge is 0.270 e. The number of nitrogens with one attached hydrogen (secondary N) is 1. The Labute approximate surface area is 115 Å². The normalized spacial score (nSPS) is 10.3. The van der Waals surface area contributed by atoms with Gasteiger partial charge in [0.05, 0.1) is 19.3 Å². The van der Waals surface area contributed by atoms with Gasteiger partial charge in [0.2, 0.25) is 5.88 Å². The average Bonchev–Trinajstić information content (AvgIpc) is 2.76. The summed E-state index contributed by atoms with van der Waals surface area (Å²) < 4.78 is 6.69. The molecule has 100 valence electrons. The fourth-order valence-corrected chi connectivity index (χ4v) is 1.74. The first-order chi connectivity index (χ1) is 9.10. The highest BCUT2D eigenvalue weighted by molar-refractivity contribution is 6.29. The molecule has 7 heteroatoms. The summed E-state index contributed by atoms with van der Waals surface area (Å²) in [5.74, 6) is 0.331. The van der Waals surface area contributed by atoms with Crippen molar-refractivity contribution in [3.8, 4) is 5.88 Å². The summed E-state index contributed by atoms with van der Waals surface area (Å²) in [5.41, 5.74) is 0.977. The zero-order valence-corrected chi connectivity index (χ0v) is 11.3. The Kier molecular flexibility index (Phi) is 4.01. The third-order valence-corrected chi connectivity index (χ3v) is 2.68. The topological polar surface area (TPSA) is 69.0 Å². The number of hydrogen-bond donors (Lipinski definition) is 1. The number of rotatable bonds is 4. The van der Waals surface area contributed by atoms with Gasteiger partial charge in [-0.25, -0.2) is 9.67 Å². The fourth-order valence-electron chi connectivity index (χ4n) is 1.58. The zero-order valence-electron chi connectivity index (χ0n) is 10.6. The lowest BCUT2D eigenvalue weighted by molar-refractivity contribution is 0.0945. The Hall–Kier alpha value is -2.08. The molecule has 0 aliphatic carbocycles. The Morgan fingerprint density at radius 1 is 1.53 bits per heavy atom. The number of methoxy groups -OCH3 is 1. The third kappa shape index (κ3) is 3.23. The highest BCUT2D eigenvalue weighted by Crippen LogP contribution is 2.11. The molecule has 2 aromatic rings. The second kappa shape index (κ2) is 5.71. The van der Waals surface area contributed by atoms with Gasteiger partial charge in [-0.15, -0.1) is 0 Å². The van der Waals surface area contributed by atoms with Crippen LogP contribution in [0, 0.1) is 0 Å². The van der Waals surface area contributed by atoms with E-state index in [-0.39, 0.29) is 16.8 Å². The van der Waals surface area contributed by atoms with E-state index in [0.717, 1.165) is 0 Å². The van der Waals surface area contributed by atoms with Crippen LogP contribution >= 0.6 is 11.6 Å². The van der Waals surface area contributed by atoms with E-state index in [1.54, 1.807) is 43.1 Å². The lowest BCUT2D eigenvalue weighted by Crippen LogP contribution is -2.24. The van der Waals surface area contributed by atoms with Crippen LogP contribution in [-0.4, -0.2) is 27.8 Å². The third-order valence-electron chi connectivity index (χ3n) is 2.47. The number of carbonyl (C=O) groups excluding carboxylic acids is 1. The molecule has 0 bridgehead atoms. The van der Waals surface area contributed by atoms with Crippen molar-refractivity contribution >= 4 is 17.5 Å². The second-order valence-corrected chi connectivity index (χ2v) is 4.22. The Bertz CT molecular complexity index is 597. The van der Waals surface area contributed by atoms with Gasteiger partial charge in [0, 0.05) is 13.1 Å². The van der Waals surface area contributed by atoms with Crippen molar-refractivity contribution in [2.45, 2.75) is 6.54 Å². The molecule has 0 radical (unpaired) electrons. The largest absolute Gasteiger partial charge is 0.481 e. The molecule has 0 atom stereocenters. The monoisotopic (exact) mass is 280 g/mol. The quantitative estimate of drug-likeness (QED) is 0.860. The van der Waals surface area contributed by atoms with Gasteiger partial charge in [-0.05, 0) is 12.1 Å². The van der Waals surface area contributed by atoms with Gasteiger partial charge in [0.25, 0.3) is 5.91 Å². The van der Waals surface area contributed by atoms with E-state index in [2.05, 4.69) is 15.4 Å². The molecule has 0 aliphatic heterocycles. The van der Waals surface area contributed by atoms with Crippen molar-refractivity contribution in [1.82, 2.24) is 20.1 Å². The number of aryl methyl sites for hydroxylation is 1.